The van der Waals surface area contributed by atoms with Crippen molar-refractivity contribution in [2.75, 3.05) is 0 Å². The Labute approximate surface area is 121 Å². The van der Waals surface area contributed by atoms with Gasteiger partial charge in [0.25, 0.3) is 5.56 Å². The Balaban J connectivity index is 2.22. The third-order valence-electron chi connectivity index (χ3n) is 3.97. The van der Waals surface area contributed by atoms with Crippen molar-refractivity contribution in [2.24, 2.45) is 0 Å². The summed E-state index contributed by atoms with van der Waals surface area (Å²) in [5.74, 6) is 0.417. The number of carbonyl (C=O) groups excluding carboxylic acids is 1. The third-order valence-corrected chi connectivity index (χ3v) is 3.97. The van der Waals surface area contributed by atoms with E-state index in [9.17, 15) is 14.7 Å². The van der Waals surface area contributed by atoms with E-state index in [1.807, 2.05) is 0 Å². The molecular weight excluding hydrogens is 268 g/mol. The molecule has 1 aromatic carbocycles. The fraction of sp³-hybridized carbons (Fsp3) is 0.312. The second-order valence-corrected chi connectivity index (χ2v) is 5.46. The zero-order chi connectivity index (χ0) is 15.1. The molecule has 5 heteroatoms. The number of aromatic hydroxyl groups is 1. The van der Waals surface area contributed by atoms with Gasteiger partial charge in [0, 0.05) is 6.42 Å². The molecule has 1 aromatic heterocycles. The van der Waals surface area contributed by atoms with Gasteiger partial charge in [0.1, 0.15) is 17.1 Å². The molecule has 5 nitrogen and oxygen atoms in total. The van der Waals surface area contributed by atoms with Gasteiger partial charge in [-0.15, -0.1) is 0 Å². The van der Waals surface area contributed by atoms with Crippen LogP contribution in [0.25, 0.3) is 10.9 Å². The molecule has 1 fully saturated rings. The molecule has 3 rings (SSSR count). The van der Waals surface area contributed by atoms with E-state index in [1.165, 1.54) is 10.6 Å². The Kier molecular flexibility index (Phi) is 3.12. The Bertz CT molecular complexity index is 820. The smallest absolute Gasteiger partial charge is 0.262 e. The van der Waals surface area contributed by atoms with Crippen LogP contribution >= 0.6 is 0 Å². The number of aromatic nitrogens is 2. The van der Waals surface area contributed by atoms with Crippen molar-refractivity contribution in [1.82, 2.24) is 9.55 Å². The summed E-state index contributed by atoms with van der Waals surface area (Å²) >= 11 is 0. The number of Topliss-reactive ketones (excluding diaryl/α,β-unsaturated/α-hetero) is 1. The van der Waals surface area contributed by atoms with E-state index in [0.29, 0.717) is 24.1 Å². The quantitative estimate of drug-likeness (QED) is 0.815. The van der Waals surface area contributed by atoms with Crippen LogP contribution < -0.4 is 5.56 Å². The minimum absolute atomic E-state index is 0.00208. The summed E-state index contributed by atoms with van der Waals surface area (Å²) in [6, 6.07) is 4.23. The number of allylic oxidation sites excluding steroid dienone is 1. The lowest BCUT2D eigenvalue weighted by atomic mass is 9.90. The summed E-state index contributed by atoms with van der Waals surface area (Å²) in [7, 11) is 0. The Morgan fingerprint density at radius 3 is 2.86 bits per heavy atom. The van der Waals surface area contributed by atoms with Crippen molar-refractivity contribution >= 4 is 16.7 Å². The molecule has 1 N–H and O–H groups in total. The SMILES string of the molecule is C=C1CCC(n2c(C)nc3c(O)cccc3c2=O)C(=O)C1. The van der Waals surface area contributed by atoms with Crippen molar-refractivity contribution < 1.29 is 9.90 Å². The number of para-hydroxylation sites is 1. The molecule has 21 heavy (non-hydrogen) atoms. The molecule has 1 aliphatic rings. The predicted molar refractivity (Wildman–Crippen MR) is 79.4 cm³/mol. The van der Waals surface area contributed by atoms with Gasteiger partial charge in [0.15, 0.2) is 5.78 Å². The molecule has 0 amide bonds. The lowest BCUT2D eigenvalue weighted by Gasteiger charge is -2.25. The highest BCUT2D eigenvalue weighted by molar-refractivity contribution is 5.87. The molecule has 1 atom stereocenters. The Morgan fingerprint density at radius 2 is 2.14 bits per heavy atom. The van der Waals surface area contributed by atoms with Crippen molar-refractivity contribution in [3.63, 3.8) is 0 Å². The first-order chi connectivity index (χ1) is 9.99. The van der Waals surface area contributed by atoms with Gasteiger partial charge in [-0.05, 0) is 31.9 Å². The molecule has 108 valence electrons. The molecular formula is C16H16N2O3. The van der Waals surface area contributed by atoms with Gasteiger partial charge < -0.3 is 5.11 Å². The van der Waals surface area contributed by atoms with Crippen LogP contribution in [0.5, 0.6) is 5.75 Å². The van der Waals surface area contributed by atoms with Crippen LogP contribution in [0.15, 0.2) is 35.1 Å². The molecule has 2 aromatic rings. The van der Waals surface area contributed by atoms with Crippen LogP contribution in [0.2, 0.25) is 0 Å². The molecule has 1 heterocycles. The van der Waals surface area contributed by atoms with Crippen LogP contribution in [-0.4, -0.2) is 20.4 Å². The normalized spacial score (nSPS) is 19.2. The molecule has 1 saturated carbocycles. The molecule has 1 unspecified atom stereocenters. The minimum Gasteiger partial charge on any atom is -0.506 e. The monoisotopic (exact) mass is 284 g/mol. The van der Waals surface area contributed by atoms with E-state index in [-0.39, 0.29) is 22.6 Å². The number of carbonyl (C=O) groups is 1. The summed E-state index contributed by atoms with van der Waals surface area (Å²) < 4.78 is 1.45. The van der Waals surface area contributed by atoms with Crippen LogP contribution in [0, 0.1) is 6.92 Å². The van der Waals surface area contributed by atoms with E-state index in [0.717, 1.165) is 12.0 Å². The number of ketones is 1. The first-order valence-electron chi connectivity index (χ1n) is 6.89. The van der Waals surface area contributed by atoms with E-state index in [4.69, 9.17) is 0 Å². The zero-order valence-corrected chi connectivity index (χ0v) is 11.8. The molecule has 0 bridgehead atoms. The maximum atomic E-state index is 12.7. The summed E-state index contributed by atoms with van der Waals surface area (Å²) in [6.45, 7) is 5.53. The van der Waals surface area contributed by atoms with Gasteiger partial charge in [-0.2, -0.15) is 0 Å². The van der Waals surface area contributed by atoms with Gasteiger partial charge in [-0.3, -0.25) is 14.2 Å². The first kappa shape index (κ1) is 13.5. The Morgan fingerprint density at radius 1 is 1.38 bits per heavy atom. The average Bonchev–Trinajstić information content (AvgIpc) is 2.42. The summed E-state index contributed by atoms with van der Waals surface area (Å²) in [5.41, 5.74) is 0.913. The fourth-order valence-corrected chi connectivity index (χ4v) is 2.91. The summed E-state index contributed by atoms with van der Waals surface area (Å²) in [4.78, 5) is 29.2. The van der Waals surface area contributed by atoms with Crippen LogP contribution in [0.4, 0.5) is 0 Å². The predicted octanol–water partition coefficient (Wildman–Crippen LogP) is 2.26. The number of hydrogen-bond donors (Lipinski definition) is 1. The lowest BCUT2D eigenvalue weighted by molar-refractivity contribution is -0.122. The van der Waals surface area contributed by atoms with Gasteiger partial charge in [-0.25, -0.2) is 4.98 Å². The summed E-state index contributed by atoms with van der Waals surface area (Å²) in [6.07, 6.45) is 1.62. The maximum absolute atomic E-state index is 12.7. The Hall–Kier alpha value is -2.43. The van der Waals surface area contributed by atoms with Crippen molar-refractivity contribution in [3.05, 3.63) is 46.5 Å². The third kappa shape index (κ3) is 2.14. The van der Waals surface area contributed by atoms with Crippen molar-refractivity contribution in [1.29, 1.82) is 0 Å². The lowest BCUT2D eigenvalue weighted by Crippen LogP contribution is -2.34. The standard InChI is InChI=1S/C16H16N2O3/c1-9-6-7-12(14(20)8-9)18-10(2)17-15-11(16(18)21)4-3-5-13(15)19/h3-5,12,19H,1,6-8H2,2H3. The molecule has 0 radical (unpaired) electrons. The molecule has 0 aliphatic heterocycles. The molecule has 1 aliphatic carbocycles. The average molecular weight is 284 g/mol. The highest BCUT2D eigenvalue weighted by Gasteiger charge is 2.28. The number of aryl methyl sites for hydroxylation is 1. The number of phenolic OH excluding ortho intramolecular Hbond substituents is 1. The second kappa shape index (κ2) is 4.84. The number of rotatable bonds is 1. The van der Waals surface area contributed by atoms with E-state index in [1.54, 1.807) is 19.1 Å². The van der Waals surface area contributed by atoms with Crippen molar-refractivity contribution in [3.8, 4) is 5.75 Å². The number of benzene rings is 1. The number of nitrogens with zero attached hydrogens (tertiary/aromatic N) is 2. The first-order valence-corrected chi connectivity index (χ1v) is 6.89. The highest BCUT2D eigenvalue weighted by atomic mass is 16.3. The maximum Gasteiger partial charge on any atom is 0.262 e. The van der Waals surface area contributed by atoms with Gasteiger partial charge in [0.05, 0.1) is 11.4 Å². The van der Waals surface area contributed by atoms with Gasteiger partial charge in [-0.1, -0.05) is 18.2 Å². The topological polar surface area (TPSA) is 72.2 Å². The second-order valence-electron chi connectivity index (χ2n) is 5.46. The van der Waals surface area contributed by atoms with Crippen LogP contribution in [0.1, 0.15) is 31.1 Å². The number of phenols is 1. The molecule has 0 spiro atoms. The van der Waals surface area contributed by atoms with Crippen LogP contribution in [0.3, 0.4) is 0 Å². The summed E-state index contributed by atoms with van der Waals surface area (Å²) in [5, 5.41) is 10.2. The van der Waals surface area contributed by atoms with Crippen molar-refractivity contribution in [2.45, 2.75) is 32.2 Å². The fourth-order valence-electron chi connectivity index (χ4n) is 2.91. The zero-order valence-electron chi connectivity index (χ0n) is 11.8. The van der Waals surface area contributed by atoms with E-state index in [2.05, 4.69) is 11.6 Å². The van der Waals surface area contributed by atoms with Gasteiger partial charge >= 0.3 is 0 Å². The highest BCUT2D eigenvalue weighted by Crippen LogP contribution is 2.29. The minimum atomic E-state index is -0.484. The largest absolute Gasteiger partial charge is 0.506 e. The van der Waals surface area contributed by atoms with Gasteiger partial charge in [0.2, 0.25) is 0 Å². The number of hydrogen-bond acceptors (Lipinski definition) is 4. The van der Waals surface area contributed by atoms with Crippen LogP contribution in [-0.2, 0) is 4.79 Å². The number of fused-ring (bicyclic) bond motifs is 1. The van der Waals surface area contributed by atoms with E-state index < -0.39 is 6.04 Å². The molecule has 0 saturated heterocycles. The van der Waals surface area contributed by atoms with E-state index >= 15 is 0 Å².